The lowest BCUT2D eigenvalue weighted by atomic mass is 10.2. The molecule has 0 saturated carbocycles. The van der Waals surface area contributed by atoms with Crippen molar-refractivity contribution in [1.82, 2.24) is 19.6 Å². The third kappa shape index (κ3) is 3.62. The number of anilines is 1. The van der Waals surface area contributed by atoms with Crippen LogP contribution in [-0.2, 0) is 13.1 Å². The largest absolute Gasteiger partial charge is 0.304 e. The van der Waals surface area contributed by atoms with Gasteiger partial charge in [-0.1, -0.05) is 23.7 Å². The Labute approximate surface area is 142 Å². The second-order valence-corrected chi connectivity index (χ2v) is 5.57. The molecule has 0 unspecified atom stereocenters. The molecule has 2 aromatic heterocycles. The Bertz CT molecular complexity index is 873. The van der Waals surface area contributed by atoms with Crippen LogP contribution in [0.3, 0.4) is 0 Å². The number of aryl methyl sites for hydroxylation is 1. The molecule has 2 heterocycles. The fourth-order valence-corrected chi connectivity index (χ4v) is 2.46. The molecule has 24 heavy (non-hydrogen) atoms. The number of carbonyl (C=O) groups excluding carboxylic acids is 1. The van der Waals surface area contributed by atoms with Gasteiger partial charge in [-0.2, -0.15) is 10.2 Å². The number of hydrogen-bond acceptors (Lipinski definition) is 3. The Morgan fingerprint density at radius 3 is 2.83 bits per heavy atom. The van der Waals surface area contributed by atoms with Crippen molar-refractivity contribution >= 4 is 23.3 Å². The van der Waals surface area contributed by atoms with Crippen LogP contribution in [0.25, 0.3) is 0 Å². The van der Waals surface area contributed by atoms with Gasteiger partial charge >= 0.3 is 0 Å². The van der Waals surface area contributed by atoms with Gasteiger partial charge in [-0.15, -0.1) is 0 Å². The Kier molecular flexibility index (Phi) is 4.61. The second kappa shape index (κ2) is 6.84. The molecule has 3 rings (SSSR count). The molecule has 1 aromatic carbocycles. The van der Waals surface area contributed by atoms with Gasteiger partial charge in [-0.25, -0.2) is 4.39 Å². The Morgan fingerprint density at radius 1 is 1.29 bits per heavy atom. The predicted octanol–water partition coefficient (Wildman–Crippen LogP) is 3.19. The average Bonchev–Trinajstić information content (AvgIpc) is 3.13. The fourth-order valence-electron chi connectivity index (χ4n) is 2.23. The molecular weight excluding hydrogens is 333 g/mol. The van der Waals surface area contributed by atoms with E-state index in [-0.39, 0.29) is 16.5 Å². The quantitative estimate of drug-likeness (QED) is 0.770. The van der Waals surface area contributed by atoms with E-state index in [1.807, 2.05) is 6.92 Å². The van der Waals surface area contributed by atoms with Gasteiger partial charge in [0.1, 0.15) is 5.82 Å². The molecule has 0 fully saturated rings. The van der Waals surface area contributed by atoms with Gasteiger partial charge in [-0.3, -0.25) is 14.2 Å². The number of amides is 1. The number of benzene rings is 1. The lowest BCUT2D eigenvalue weighted by Gasteiger charge is -2.02. The van der Waals surface area contributed by atoms with Crippen LogP contribution in [0.1, 0.15) is 23.0 Å². The Hall–Kier alpha value is -2.67. The molecule has 0 spiro atoms. The average molecular weight is 348 g/mol. The first-order valence-electron chi connectivity index (χ1n) is 7.37. The van der Waals surface area contributed by atoms with Crippen LogP contribution >= 0.6 is 11.6 Å². The van der Waals surface area contributed by atoms with E-state index in [4.69, 9.17) is 11.6 Å². The van der Waals surface area contributed by atoms with E-state index in [1.54, 1.807) is 40.0 Å². The molecule has 1 N–H and O–H groups in total. The maximum absolute atomic E-state index is 13.2. The summed E-state index contributed by atoms with van der Waals surface area (Å²) in [6.45, 7) is 2.92. The SMILES string of the molecule is CCn1cc(Cl)c(C(=O)Nc2ccn(Cc3cccc(F)c3)n2)n1. The third-order valence-corrected chi connectivity index (χ3v) is 3.65. The second-order valence-electron chi connectivity index (χ2n) is 5.16. The van der Waals surface area contributed by atoms with Gasteiger partial charge in [0.25, 0.3) is 5.91 Å². The van der Waals surface area contributed by atoms with Crippen molar-refractivity contribution in [3.05, 3.63) is 64.8 Å². The van der Waals surface area contributed by atoms with E-state index in [0.717, 1.165) is 5.56 Å². The van der Waals surface area contributed by atoms with Gasteiger partial charge < -0.3 is 5.32 Å². The molecule has 124 valence electrons. The fraction of sp³-hybridized carbons (Fsp3) is 0.188. The summed E-state index contributed by atoms with van der Waals surface area (Å²) < 4.78 is 16.4. The molecule has 3 aromatic rings. The first-order valence-corrected chi connectivity index (χ1v) is 7.75. The number of carbonyl (C=O) groups is 1. The van der Waals surface area contributed by atoms with E-state index < -0.39 is 5.91 Å². The van der Waals surface area contributed by atoms with E-state index in [2.05, 4.69) is 15.5 Å². The van der Waals surface area contributed by atoms with Crippen LogP contribution in [-0.4, -0.2) is 25.5 Å². The Morgan fingerprint density at radius 2 is 2.12 bits per heavy atom. The molecule has 0 bridgehead atoms. The van der Waals surface area contributed by atoms with Crippen molar-refractivity contribution in [2.75, 3.05) is 5.32 Å². The minimum Gasteiger partial charge on any atom is -0.304 e. The van der Waals surface area contributed by atoms with E-state index >= 15 is 0 Å². The van der Waals surface area contributed by atoms with Crippen molar-refractivity contribution in [2.45, 2.75) is 20.0 Å². The molecule has 6 nitrogen and oxygen atoms in total. The van der Waals surface area contributed by atoms with E-state index in [9.17, 15) is 9.18 Å². The summed E-state index contributed by atoms with van der Waals surface area (Å²) in [7, 11) is 0. The first kappa shape index (κ1) is 16.2. The predicted molar refractivity (Wildman–Crippen MR) is 88.6 cm³/mol. The number of aromatic nitrogens is 4. The molecular formula is C16H15ClFN5O. The molecule has 8 heteroatoms. The highest BCUT2D eigenvalue weighted by molar-refractivity contribution is 6.34. The first-order chi connectivity index (χ1) is 11.5. The van der Waals surface area contributed by atoms with Crippen molar-refractivity contribution in [1.29, 1.82) is 0 Å². The van der Waals surface area contributed by atoms with Gasteiger partial charge in [0.15, 0.2) is 11.5 Å². The molecule has 0 aliphatic heterocycles. The van der Waals surface area contributed by atoms with Gasteiger partial charge in [-0.05, 0) is 24.6 Å². The summed E-state index contributed by atoms with van der Waals surface area (Å²) in [5, 5.41) is 11.3. The number of hydrogen-bond donors (Lipinski definition) is 1. The third-order valence-electron chi connectivity index (χ3n) is 3.37. The highest BCUT2D eigenvalue weighted by atomic mass is 35.5. The van der Waals surface area contributed by atoms with Crippen LogP contribution in [0.2, 0.25) is 5.02 Å². The standard InChI is InChI=1S/C16H15ClFN5O/c1-2-22-10-13(17)15(21-22)16(24)19-14-6-7-23(20-14)9-11-4-3-5-12(18)8-11/h3-8,10H,2,9H2,1H3,(H,19,20,24). The smallest absolute Gasteiger partial charge is 0.278 e. The van der Waals surface area contributed by atoms with E-state index in [0.29, 0.717) is 18.9 Å². The zero-order valence-electron chi connectivity index (χ0n) is 12.9. The van der Waals surface area contributed by atoms with E-state index in [1.165, 1.54) is 12.1 Å². The van der Waals surface area contributed by atoms with Crippen molar-refractivity contribution in [3.8, 4) is 0 Å². The highest BCUT2D eigenvalue weighted by Crippen LogP contribution is 2.16. The summed E-state index contributed by atoms with van der Waals surface area (Å²) in [4.78, 5) is 12.2. The van der Waals surface area contributed by atoms with Gasteiger partial charge in [0.05, 0.1) is 11.6 Å². The van der Waals surface area contributed by atoms with Crippen LogP contribution in [0.15, 0.2) is 42.7 Å². The van der Waals surface area contributed by atoms with Crippen LogP contribution in [0.5, 0.6) is 0 Å². The molecule has 0 aliphatic carbocycles. The van der Waals surface area contributed by atoms with Crippen molar-refractivity contribution in [2.24, 2.45) is 0 Å². The number of rotatable bonds is 5. The van der Waals surface area contributed by atoms with Gasteiger partial charge in [0.2, 0.25) is 0 Å². The lowest BCUT2D eigenvalue weighted by Crippen LogP contribution is -2.14. The summed E-state index contributed by atoms with van der Waals surface area (Å²) >= 11 is 6.01. The topological polar surface area (TPSA) is 64.7 Å². The van der Waals surface area contributed by atoms with Crippen LogP contribution in [0.4, 0.5) is 10.2 Å². The van der Waals surface area contributed by atoms with Crippen LogP contribution in [0, 0.1) is 5.82 Å². The molecule has 0 aliphatic rings. The monoisotopic (exact) mass is 347 g/mol. The lowest BCUT2D eigenvalue weighted by molar-refractivity contribution is 0.102. The van der Waals surface area contributed by atoms with Crippen LogP contribution < -0.4 is 5.32 Å². The maximum Gasteiger partial charge on any atom is 0.278 e. The summed E-state index contributed by atoms with van der Waals surface area (Å²) in [5.74, 6) is -0.351. The highest BCUT2D eigenvalue weighted by Gasteiger charge is 2.16. The van der Waals surface area contributed by atoms with Crippen molar-refractivity contribution < 1.29 is 9.18 Å². The summed E-state index contributed by atoms with van der Waals surface area (Å²) in [5.41, 5.74) is 0.930. The minimum atomic E-state index is -0.428. The number of nitrogens with one attached hydrogen (secondary N) is 1. The van der Waals surface area contributed by atoms with Gasteiger partial charge in [0, 0.05) is 25.0 Å². The molecule has 0 atom stereocenters. The molecule has 0 saturated heterocycles. The zero-order valence-corrected chi connectivity index (χ0v) is 13.7. The molecule has 0 radical (unpaired) electrons. The normalized spacial score (nSPS) is 10.8. The maximum atomic E-state index is 13.2. The van der Waals surface area contributed by atoms with Crippen molar-refractivity contribution in [3.63, 3.8) is 0 Å². The minimum absolute atomic E-state index is 0.151. The zero-order chi connectivity index (χ0) is 17.1. The number of nitrogens with zero attached hydrogens (tertiary/aromatic N) is 4. The Balaban J connectivity index is 1.69. The summed E-state index contributed by atoms with van der Waals surface area (Å²) in [6.07, 6.45) is 3.30. The summed E-state index contributed by atoms with van der Waals surface area (Å²) in [6, 6.07) is 7.93. The molecule has 1 amide bonds. The number of halogens is 2.